The molecule has 0 radical (unpaired) electrons. The van der Waals surface area contributed by atoms with E-state index in [0.717, 1.165) is 12.0 Å². The number of fused-ring (bicyclic) bond motifs is 3. The third-order valence-electron chi connectivity index (χ3n) is 10.7. The number of anilines is 2. The van der Waals surface area contributed by atoms with Crippen LogP contribution in [-0.2, 0) is 22.6 Å². The van der Waals surface area contributed by atoms with E-state index in [-0.39, 0.29) is 55.0 Å². The molecule has 11 nitrogen and oxygen atoms in total. The van der Waals surface area contributed by atoms with Gasteiger partial charge in [-0.2, -0.15) is 0 Å². The van der Waals surface area contributed by atoms with Crippen LogP contribution in [0.4, 0.5) is 11.6 Å². The summed E-state index contributed by atoms with van der Waals surface area (Å²) in [5.74, 6) is 2.32. The van der Waals surface area contributed by atoms with Crippen LogP contribution in [-0.4, -0.2) is 71.0 Å². The first-order valence-electron chi connectivity index (χ1n) is 16.7. The maximum atomic E-state index is 13.9. The zero-order chi connectivity index (χ0) is 34.3. The Kier molecular flexibility index (Phi) is 9.64. The molecule has 7 rings (SSSR count). The molecule has 3 saturated carbocycles. The molecule has 1 unspecified atom stereocenters. The van der Waals surface area contributed by atoms with Crippen LogP contribution >= 0.6 is 23.2 Å². The van der Waals surface area contributed by atoms with E-state index in [1.807, 2.05) is 30.0 Å². The van der Waals surface area contributed by atoms with Crippen molar-refractivity contribution in [3.8, 4) is 0 Å². The van der Waals surface area contributed by atoms with Gasteiger partial charge in [0.25, 0.3) is 5.56 Å². The van der Waals surface area contributed by atoms with Gasteiger partial charge in [-0.1, -0.05) is 50.0 Å². The molecule has 3 aromatic rings. The molecular formula is C35H44Cl2N8O3. The lowest BCUT2D eigenvalue weighted by Gasteiger charge is -2.61. The number of rotatable bonds is 8. The van der Waals surface area contributed by atoms with Crippen molar-refractivity contribution in [1.82, 2.24) is 25.1 Å². The van der Waals surface area contributed by atoms with Gasteiger partial charge in [-0.25, -0.2) is 9.98 Å². The number of aryl methyl sites for hydroxylation is 1. The van der Waals surface area contributed by atoms with E-state index in [4.69, 9.17) is 33.2 Å². The van der Waals surface area contributed by atoms with Crippen LogP contribution in [0, 0.1) is 23.2 Å². The molecule has 2 aromatic carbocycles. The van der Waals surface area contributed by atoms with E-state index in [1.54, 1.807) is 25.2 Å². The van der Waals surface area contributed by atoms with Gasteiger partial charge in [-0.05, 0) is 85.3 Å². The van der Waals surface area contributed by atoms with E-state index in [9.17, 15) is 14.4 Å². The van der Waals surface area contributed by atoms with Crippen molar-refractivity contribution >= 4 is 63.5 Å². The molecule has 5 atom stereocenters. The van der Waals surface area contributed by atoms with Crippen LogP contribution < -0.4 is 26.8 Å². The molecule has 48 heavy (non-hydrogen) atoms. The number of piperazine rings is 1. The Bertz CT molecular complexity index is 1830. The Morgan fingerprint density at radius 1 is 1.12 bits per heavy atom. The Balaban J connectivity index is 1.33. The summed E-state index contributed by atoms with van der Waals surface area (Å²) in [5.41, 5.74) is 2.09. The minimum absolute atomic E-state index is 0.0252. The quantitative estimate of drug-likeness (QED) is 0.197. The maximum Gasteiger partial charge on any atom is 0.262 e. The van der Waals surface area contributed by atoms with E-state index >= 15 is 0 Å². The van der Waals surface area contributed by atoms with Crippen molar-refractivity contribution in [3.63, 3.8) is 0 Å². The van der Waals surface area contributed by atoms with Gasteiger partial charge >= 0.3 is 0 Å². The van der Waals surface area contributed by atoms with Crippen LogP contribution in [0.3, 0.4) is 0 Å². The Labute approximate surface area is 290 Å². The van der Waals surface area contributed by atoms with Gasteiger partial charge < -0.3 is 26.2 Å². The monoisotopic (exact) mass is 694 g/mol. The predicted octanol–water partition coefficient (Wildman–Crippen LogP) is 4.76. The number of nitrogens with one attached hydrogen (secondary N) is 4. The van der Waals surface area contributed by atoms with Crippen molar-refractivity contribution in [2.75, 3.05) is 37.3 Å². The highest BCUT2D eigenvalue weighted by molar-refractivity contribution is 6.35. The summed E-state index contributed by atoms with van der Waals surface area (Å²) in [5, 5.41) is 13.6. The maximum absolute atomic E-state index is 13.9. The number of amides is 2. The second kappa shape index (κ2) is 13.6. The van der Waals surface area contributed by atoms with Crippen LogP contribution in [0.2, 0.25) is 10.0 Å². The number of nitrogens with zero attached hydrogens (tertiary/aromatic N) is 4. The van der Waals surface area contributed by atoms with Crippen LogP contribution in [0.15, 0.2) is 46.2 Å². The predicted molar refractivity (Wildman–Crippen MR) is 192 cm³/mol. The zero-order valence-electron chi connectivity index (χ0n) is 28.1. The van der Waals surface area contributed by atoms with E-state index in [2.05, 4.69) is 42.0 Å². The van der Waals surface area contributed by atoms with Crippen LogP contribution in [0.5, 0.6) is 0 Å². The summed E-state index contributed by atoms with van der Waals surface area (Å²) >= 11 is 12.5. The highest BCUT2D eigenvalue weighted by Gasteiger charge is 2.56. The lowest BCUT2D eigenvalue weighted by atomic mass is 9.45. The number of halogens is 2. The summed E-state index contributed by atoms with van der Waals surface area (Å²) in [6.45, 7) is 10.1. The van der Waals surface area contributed by atoms with Crippen molar-refractivity contribution in [3.05, 3.63) is 62.4 Å². The van der Waals surface area contributed by atoms with Gasteiger partial charge in [0.2, 0.25) is 17.8 Å². The number of carbonyl (C=O) groups excluding carboxylic acids is 2. The Hall–Kier alpha value is -3.83. The first kappa shape index (κ1) is 34.0. The number of aliphatic imine (C=N–C) groups is 1. The lowest BCUT2D eigenvalue weighted by molar-refractivity contribution is -0.124. The topological polar surface area (TPSA) is 133 Å². The van der Waals surface area contributed by atoms with Crippen molar-refractivity contribution in [2.24, 2.45) is 28.2 Å². The molecule has 256 valence electrons. The molecule has 4 aliphatic rings. The summed E-state index contributed by atoms with van der Waals surface area (Å²) < 4.78 is 1.53. The average molecular weight is 696 g/mol. The molecule has 13 heteroatoms. The number of hydrogen-bond acceptors (Lipinski definition) is 6. The van der Waals surface area contributed by atoms with Gasteiger partial charge in [-0.15, -0.1) is 0 Å². The fraction of sp³-hybridized carbons (Fsp3) is 0.514. The third-order valence-corrected chi connectivity index (χ3v) is 11.2. The molecule has 3 aliphatic carbocycles. The van der Waals surface area contributed by atoms with Crippen molar-refractivity contribution < 1.29 is 9.59 Å². The lowest BCUT2D eigenvalue weighted by Crippen LogP contribution is -2.58. The highest BCUT2D eigenvalue weighted by Crippen LogP contribution is 2.61. The minimum Gasteiger partial charge on any atom is -0.358 e. The van der Waals surface area contributed by atoms with E-state index in [0.29, 0.717) is 68.7 Å². The molecule has 1 saturated heterocycles. The first-order valence-corrected chi connectivity index (χ1v) is 17.4. The van der Waals surface area contributed by atoms with Gasteiger partial charge in [0.15, 0.2) is 5.96 Å². The van der Waals surface area contributed by atoms with Gasteiger partial charge in [0.1, 0.15) is 0 Å². The SMILES string of the molecule is CNC(=O)CNc1nc2cc(NC(=NC3C[C@@H]4C[C@H]([C@@H]3C)C4(C)C)N3CC(=O)N[C@@H](C)C3)ccc2c(=O)n1CCc1ccc(Cl)cc1Cl. The van der Waals surface area contributed by atoms with Crippen LogP contribution in [0.1, 0.15) is 46.1 Å². The smallest absolute Gasteiger partial charge is 0.262 e. The summed E-state index contributed by atoms with van der Waals surface area (Å²) in [4.78, 5) is 50.8. The molecule has 2 heterocycles. The van der Waals surface area contributed by atoms with Crippen molar-refractivity contribution in [2.45, 2.75) is 65.6 Å². The second-order valence-electron chi connectivity index (χ2n) is 14.1. The van der Waals surface area contributed by atoms with E-state index in [1.165, 1.54) is 11.0 Å². The zero-order valence-corrected chi connectivity index (χ0v) is 29.6. The molecule has 0 spiro atoms. The Morgan fingerprint density at radius 3 is 2.60 bits per heavy atom. The van der Waals surface area contributed by atoms with Gasteiger partial charge in [0, 0.05) is 41.9 Å². The Morgan fingerprint density at radius 2 is 1.92 bits per heavy atom. The molecule has 1 aliphatic heterocycles. The number of likely N-dealkylation sites (N-methyl/N-ethyl adjacent to an activating group) is 1. The summed E-state index contributed by atoms with van der Waals surface area (Å²) in [6.07, 6.45) is 2.73. The number of benzene rings is 2. The molecule has 4 fully saturated rings. The fourth-order valence-corrected chi connectivity index (χ4v) is 8.22. The molecule has 4 N–H and O–H groups in total. The number of hydrogen-bond donors (Lipinski definition) is 4. The molecule has 2 amide bonds. The van der Waals surface area contributed by atoms with Crippen molar-refractivity contribution in [1.29, 1.82) is 0 Å². The minimum atomic E-state index is -0.246. The van der Waals surface area contributed by atoms with Gasteiger partial charge in [-0.3, -0.25) is 19.0 Å². The normalized spacial score (nSPS) is 24.9. The van der Waals surface area contributed by atoms with Gasteiger partial charge in [0.05, 0.1) is 30.0 Å². The highest BCUT2D eigenvalue weighted by atomic mass is 35.5. The second-order valence-corrected chi connectivity index (χ2v) is 14.9. The molecule has 1 aromatic heterocycles. The summed E-state index contributed by atoms with van der Waals surface area (Å²) in [6, 6.07) is 10.8. The standard InChI is InChI=1S/C35H44Cl2N8O3/c1-19-17-44(18-31(47)40-19)34(42-28-13-22-12-26(20(28)2)35(22,3)4)41-24-8-9-25-29(15-24)43-33(39-16-30(46)38-5)45(32(25)48)11-10-21-6-7-23(36)14-27(21)37/h6-9,14-15,19-20,22,26,28H,10-13,16-18H2,1-5H3,(H,38,46)(H,39,43)(H,40,47)(H,41,42)/t19-,20-,22-,26+,28?/m0/s1. The summed E-state index contributed by atoms with van der Waals surface area (Å²) in [7, 11) is 1.55. The number of guanidine groups is 1. The number of carbonyl (C=O) groups is 2. The molecule has 2 bridgehead atoms. The van der Waals surface area contributed by atoms with E-state index < -0.39 is 0 Å². The average Bonchev–Trinajstić information content (AvgIpc) is 3.03. The first-order chi connectivity index (χ1) is 22.8. The molecular weight excluding hydrogens is 651 g/mol. The van der Waals surface area contributed by atoms with Crippen LogP contribution in [0.25, 0.3) is 10.9 Å². The number of aromatic nitrogens is 2. The largest absolute Gasteiger partial charge is 0.358 e. The fourth-order valence-electron chi connectivity index (χ4n) is 7.71. The third kappa shape index (κ3) is 6.85.